The Bertz CT molecular complexity index is 675. The van der Waals surface area contributed by atoms with Crippen LogP contribution in [0, 0.1) is 0 Å². The number of anilines is 1. The Morgan fingerprint density at radius 1 is 1.41 bits per heavy atom. The first-order valence-corrected chi connectivity index (χ1v) is 6.77. The monoisotopic (exact) mass is 310 g/mol. The van der Waals surface area contributed by atoms with Crippen LogP contribution >= 0.6 is 0 Å². The van der Waals surface area contributed by atoms with Crippen LogP contribution in [0.15, 0.2) is 12.7 Å². The van der Waals surface area contributed by atoms with Gasteiger partial charge in [-0.15, -0.1) is 0 Å². The number of hydrogen-bond donors (Lipinski definition) is 5. The average Bonchev–Trinajstić information content (AvgIpc) is 3.01. The summed E-state index contributed by atoms with van der Waals surface area (Å²) in [6.45, 7) is 1.04. The smallest absolute Gasteiger partial charge is 0.171 e. The predicted molar refractivity (Wildman–Crippen MR) is 75.6 cm³/mol. The number of fused-ring (bicyclic) bond motifs is 1. The van der Waals surface area contributed by atoms with Crippen molar-refractivity contribution in [3.05, 3.63) is 12.7 Å². The molecule has 0 saturated carbocycles. The molecule has 10 heteroatoms. The fourth-order valence-corrected chi connectivity index (χ4v) is 2.62. The highest BCUT2D eigenvalue weighted by Gasteiger charge is 2.53. The summed E-state index contributed by atoms with van der Waals surface area (Å²) >= 11 is 0. The lowest BCUT2D eigenvalue weighted by molar-refractivity contribution is -0.0950. The molecule has 10 nitrogen and oxygen atoms in total. The number of rotatable bonds is 4. The topological polar surface area (TPSA) is 138 Å². The van der Waals surface area contributed by atoms with Gasteiger partial charge in [0.2, 0.25) is 0 Å². The first kappa shape index (κ1) is 15.1. The fraction of sp³-hybridized carbons (Fsp3) is 0.583. The number of hydrogen-bond acceptors (Lipinski definition) is 9. The summed E-state index contributed by atoms with van der Waals surface area (Å²) < 4.78 is 7.08. The highest BCUT2D eigenvalue weighted by molar-refractivity contribution is 5.82. The third kappa shape index (κ3) is 2.12. The minimum Gasteiger partial charge on any atom is -0.394 e. The molecule has 1 aliphatic heterocycles. The Labute approximate surface area is 125 Å². The number of hydrazine groups is 1. The van der Waals surface area contributed by atoms with E-state index in [2.05, 4.69) is 25.8 Å². The maximum Gasteiger partial charge on any atom is 0.171 e. The molecule has 0 aliphatic carbocycles. The molecule has 4 atom stereocenters. The minimum absolute atomic E-state index is 0.401. The Balaban J connectivity index is 2.06. The van der Waals surface area contributed by atoms with E-state index in [9.17, 15) is 15.3 Å². The highest BCUT2D eigenvalue weighted by atomic mass is 16.6. The van der Waals surface area contributed by atoms with Gasteiger partial charge in [-0.05, 0) is 6.92 Å². The zero-order valence-corrected chi connectivity index (χ0v) is 12.1. The second-order valence-corrected chi connectivity index (χ2v) is 5.30. The lowest BCUT2D eigenvalue weighted by atomic mass is 9.96. The number of aromatic nitrogens is 4. The van der Waals surface area contributed by atoms with Gasteiger partial charge in [0.15, 0.2) is 23.2 Å². The summed E-state index contributed by atoms with van der Waals surface area (Å²) in [5.74, 6) is 0.475. The second kappa shape index (κ2) is 5.41. The van der Waals surface area contributed by atoms with Crippen molar-refractivity contribution in [2.24, 2.45) is 0 Å². The van der Waals surface area contributed by atoms with Crippen molar-refractivity contribution in [2.75, 3.05) is 19.1 Å². The second-order valence-electron chi connectivity index (χ2n) is 5.30. The van der Waals surface area contributed by atoms with Gasteiger partial charge in [-0.25, -0.2) is 20.4 Å². The Morgan fingerprint density at radius 3 is 2.82 bits per heavy atom. The molecule has 0 bridgehead atoms. The van der Waals surface area contributed by atoms with Crippen molar-refractivity contribution < 1.29 is 20.1 Å². The average molecular weight is 310 g/mol. The van der Waals surface area contributed by atoms with E-state index in [0.29, 0.717) is 17.0 Å². The third-order valence-corrected chi connectivity index (χ3v) is 3.79. The van der Waals surface area contributed by atoms with E-state index in [1.54, 1.807) is 7.05 Å². The summed E-state index contributed by atoms with van der Waals surface area (Å²) in [4.78, 5) is 12.4. The lowest BCUT2D eigenvalue weighted by Gasteiger charge is -2.27. The van der Waals surface area contributed by atoms with Gasteiger partial charge >= 0.3 is 0 Å². The van der Waals surface area contributed by atoms with Crippen LogP contribution < -0.4 is 10.9 Å². The zero-order chi connectivity index (χ0) is 15.9. The van der Waals surface area contributed by atoms with Crippen LogP contribution in [0.3, 0.4) is 0 Å². The van der Waals surface area contributed by atoms with Crippen molar-refractivity contribution in [3.8, 4) is 0 Å². The van der Waals surface area contributed by atoms with Gasteiger partial charge in [-0.1, -0.05) is 0 Å². The SMILES string of the molecule is CNNc1ncnc2c1ncn2C1OC(CO)C(O)[C@@]1(C)O. The summed E-state index contributed by atoms with van der Waals surface area (Å²) in [5, 5.41) is 29.8. The number of nitrogens with zero attached hydrogens (tertiary/aromatic N) is 4. The van der Waals surface area contributed by atoms with E-state index in [4.69, 9.17) is 4.74 Å². The molecule has 0 spiro atoms. The van der Waals surface area contributed by atoms with E-state index in [1.165, 1.54) is 24.1 Å². The highest BCUT2D eigenvalue weighted by Crippen LogP contribution is 2.39. The molecule has 2 aromatic rings. The number of aliphatic hydroxyl groups excluding tert-OH is 2. The Hall–Kier alpha value is -1.85. The maximum absolute atomic E-state index is 10.5. The number of imidazole rings is 1. The molecule has 120 valence electrons. The minimum atomic E-state index is -1.59. The van der Waals surface area contributed by atoms with Crippen LogP contribution in [0.2, 0.25) is 0 Å². The van der Waals surface area contributed by atoms with Gasteiger partial charge in [-0.2, -0.15) is 0 Å². The van der Waals surface area contributed by atoms with Crippen molar-refractivity contribution in [1.82, 2.24) is 24.9 Å². The van der Waals surface area contributed by atoms with Crippen LogP contribution in [0.1, 0.15) is 13.2 Å². The first-order chi connectivity index (χ1) is 10.5. The fourth-order valence-electron chi connectivity index (χ4n) is 2.62. The molecular weight excluding hydrogens is 292 g/mol. The molecule has 1 aliphatic rings. The van der Waals surface area contributed by atoms with E-state index >= 15 is 0 Å². The predicted octanol–water partition coefficient (Wildman–Crippen LogP) is -1.63. The van der Waals surface area contributed by atoms with Gasteiger partial charge in [0.25, 0.3) is 0 Å². The molecular formula is C12H18N6O4. The zero-order valence-electron chi connectivity index (χ0n) is 12.1. The summed E-state index contributed by atoms with van der Waals surface area (Å²) in [5.41, 5.74) is 4.91. The van der Waals surface area contributed by atoms with Crippen LogP contribution in [0.5, 0.6) is 0 Å². The van der Waals surface area contributed by atoms with Gasteiger partial charge in [-0.3, -0.25) is 4.57 Å². The van der Waals surface area contributed by atoms with Crippen LogP contribution in [-0.2, 0) is 4.74 Å². The quantitative estimate of drug-likeness (QED) is 0.421. The molecule has 22 heavy (non-hydrogen) atoms. The molecule has 1 fully saturated rings. The summed E-state index contributed by atoms with van der Waals surface area (Å²) in [6, 6.07) is 0. The van der Waals surface area contributed by atoms with Crippen molar-refractivity contribution >= 4 is 17.0 Å². The van der Waals surface area contributed by atoms with Crippen LogP contribution in [0.25, 0.3) is 11.2 Å². The number of nitrogens with one attached hydrogen (secondary N) is 2. The van der Waals surface area contributed by atoms with Crippen LogP contribution in [0.4, 0.5) is 5.82 Å². The van der Waals surface area contributed by atoms with Gasteiger partial charge in [0, 0.05) is 7.05 Å². The van der Waals surface area contributed by atoms with Gasteiger partial charge in [0.1, 0.15) is 24.1 Å². The molecule has 0 amide bonds. The van der Waals surface area contributed by atoms with E-state index < -0.39 is 30.6 Å². The molecule has 3 rings (SSSR count). The molecule has 2 aromatic heterocycles. The Kier molecular flexibility index (Phi) is 3.70. The Morgan fingerprint density at radius 2 is 2.18 bits per heavy atom. The maximum atomic E-state index is 10.5. The normalized spacial score (nSPS) is 31.8. The molecule has 3 heterocycles. The van der Waals surface area contributed by atoms with Gasteiger partial charge in [0.05, 0.1) is 12.9 Å². The summed E-state index contributed by atoms with van der Waals surface area (Å²) in [7, 11) is 1.69. The summed E-state index contributed by atoms with van der Waals surface area (Å²) in [6.07, 6.45) is -0.233. The molecule has 3 unspecified atom stereocenters. The van der Waals surface area contributed by atoms with Crippen LogP contribution in [-0.4, -0.2) is 66.3 Å². The molecule has 0 radical (unpaired) electrons. The lowest BCUT2D eigenvalue weighted by Crippen LogP contribution is -2.44. The van der Waals surface area contributed by atoms with Gasteiger partial charge < -0.3 is 25.5 Å². The van der Waals surface area contributed by atoms with E-state index in [-0.39, 0.29) is 0 Å². The first-order valence-electron chi connectivity index (χ1n) is 6.77. The van der Waals surface area contributed by atoms with E-state index in [0.717, 1.165) is 0 Å². The molecule has 1 saturated heterocycles. The molecule has 5 N–H and O–H groups in total. The van der Waals surface area contributed by atoms with Crippen molar-refractivity contribution in [3.63, 3.8) is 0 Å². The molecule has 0 aromatic carbocycles. The van der Waals surface area contributed by atoms with Crippen molar-refractivity contribution in [1.29, 1.82) is 0 Å². The third-order valence-electron chi connectivity index (χ3n) is 3.79. The van der Waals surface area contributed by atoms with Crippen molar-refractivity contribution in [2.45, 2.75) is 31.0 Å². The number of ether oxygens (including phenoxy) is 1. The van der Waals surface area contributed by atoms with E-state index in [1.807, 2.05) is 0 Å². The largest absolute Gasteiger partial charge is 0.394 e. The standard InChI is InChI=1S/C12H18N6O4/c1-12(21)8(20)6(3-19)22-11(12)18-5-16-7-9(17-13-2)14-4-15-10(7)18/h4-6,8,11,13,19-21H,3H2,1-2H3,(H,14,15,17)/t6?,8?,11?,12-/m1/s1. The number of aliphatic hydroxyl groups is 3.